The minimum atomic E-state index is -2.38. The molecule has 3 N–H and O–H groups in total. The van der Waals surface area contributed by atoms with Crippen LogP contribution < -0.4 is 11.1 Å². The molecule has 1 unspecified atom stereocenters. The first-order valence-corrected chi connectivity index (χ1v) is 8.68. The molecule has 0 aliphatic heterocycles. The lowest BCUT2D eigenvalue weighted by atomic mass is 10.1. The first-order chi connectivity index (χ1) is 13.4. The van der Waals surface area contributed by atoms with E-state index in [0.717, 1.165) is 5.56 Å². The predicted molar refractivity (Wildman–Crippen MR) is 97.9 cm³/mol. The third-order valence-electron chi connectivity index (χ3n) is 4.71. The molecule has 7 nitrogen and oxygen atoms in total. The molecule has 1 saturated carbocycles. The molecule has 1 aliphatic rings. The number of halogens is 2. The van der Waals surface area contributed by atoms with Crippen molar-refractivity contribution in [3.63, 3.8) is 0 Å². The van der Waals surface area contributed by atoms with Gasteiger partial charge in [-0.2, -0.15) is 4.98 Å². The fraction of sp³-hybridized carbons (Fsp3) is 0.263. The topological polar surface area (TPSA) is 107 Å². The normalized spacial score (nSPS) is 18.3. The van der Waals surface area contributed by atoms with Crippen LogP contribution in [0.3, 0.4) is 0 Å². The molecule has 1 amide bonds. The molecule has 0 saturated heterocycles. The molecule has 0 spiro atoms. The van der Waals surface area contributed by atoms with Crippen LogP contribution >= 0.6 is 0 Å². The van der Waals surface area contributed by atoms with Crippen LogP contribution in [0, 0.1) is 12.8 Å². The zero-order valence-electron chi connectivity index (χ0n) is 14.9. The Hall–Kier alpha value is -3.36. The number of aromatic nitrogens is 3. The third kappa shape index (κ3) is 3.55. The number of nitrogens with one attached hydrogen (secondary N) is 1. The second-order valence-corrected chi connectivity index (χ2v) is 6.75. The van der Waals surface area contributed by atoms with E-state index in [1.165, 1.54) is 6.20 Å². The summed E-state index contributed by atoms with van der Waals surface area (Å²) in [7, 11) is 0. The van der Waals surface area contributed by atoms with Crippen LogP contribution in [0.4, 0.5) is 20.3 Å². The number of hydrogen-bond donors (Lipinski definition) is 2. The molecule has 28 heavy (non-hydrogen) atoms. The smallest absolute Gasteiger partial charge is 0.257 e. The number of benzene rings is 1. The average Bonchev–Trinajstić information content (AvgIpc) is 3.34. The molecule has 3 aromatic rings. The van der Waals surface area contributed by atoms with Crippen LogP contribution in [-0.4, -0.2) is 27.5 Å². The van der Waals surface area contributed by atoms with E-state index in [2.05, 4.69) is 20.4 Å². The Bertz CT molecular complexity index is 1020. The van der Waals surface area contributed by atoms with Gasteiger partial charge in [0.25, 0.3) is 5.91 Å². The molecule has 1 aliphatic carbocycles. The Morgan fingerprint density at radius 3 is 2.82 bits per heavy atom. The number of amides is 1. The summed E-state index contributed by atoms with van der Waals surface area (Å²) in [6.07, 6.45) is -0.640. The van der Waals surface area contributed by atoms with Crippen molar-refractivity contribution in [2.24, 2.45) is 5.92 Å². The maximum absolute atomic E-state index is 12.7. The molecule has 1 aromatic carbocycles. The maximum Gasteiger partial charge on any atom is 0.257 e. The van der Waals surface area contributed by atoms with Gasteiger partial charge in [0.05, 0.1) is 5.56 Å². The number of nitrogens with zero attached hydrogens (tertiary/aromatic N) is 3. The summed E-state index contributed by atoms with van der Waals surface area (Å²) in [5.74, 6) is -0.593. The van der Waals surface area contributed by atoms with Gasteiger partial charge in [-0.3, -0.25) is 4.79 Å². The zero-order valence-corrected chi connectivity index (χ0v) is 14.9. The van der Waals surface area contributed by atoms with Gasteiger partial charge in [-0.25, -0.2) is 13.8 Å². The van der Waals surface area contributed by atoms with Crippen molar-refractivity contribution < 1.29 is 18.1 Å². The first-order valence-electron chi connectivity index (χ1n) is 8.68. The van der Waals surface area contributed by atoms with Gasteiger partial charge < -0.3 is 15.6 Å². The first kappa shape index (κ1) is 18.0. The fourth-order valence-corrected chi connectivity index (χ4v) is 2.91. The lowest BCUT2D eigenvalue weighted by Crippen LogP contribution is -2.13. The van der Waals surface area contributed by atoms with Crippen molar-refractivity contribution in [1.29, 1.82) is 0 Å². The van der Waals surface area contributed by atoms with Gasteiger partial charge in [0, 0.05) is 29.3 Å². The summed E-state index contributed by atoms with van der Waals surface area (Å²) in [6, 6.07) is 8.42. The number of alkyl halides is 2. The van der Waals surface area contributed by atoms with Crippen molar-refractivity contribution in [3.05, 3.63) is 53.5 Å². The summed E-state index contributed by atoms with van der Waals surface area (Å²) in [6.45, 7) is 1.85. The average molecular weight is 385 g/mol. The van der Waals surface area contributed by atoms with Crippen LogP contribution in [0.2, 0.25) is 0 Å². The molecule has 2 heterocycles. The van der Waals surface area contributed by atoms with Gasteiger partial charge in [0.15, 0.2) is 0 Å². The highest BCUT2D eigenvalue weighted by atomic mass is 19.3. The van der Waals surface area contributed by atoms with E-state index < -0.39 is 12.3 Å². The minimum absolute atomic E-state index is 0.222. The number of anilines is 2. The number of rotatable bonds is 5. The van der Waals surface area contributed by atoms with Gasteiger partial charge in [-0.1, -0.05) is 17.3 Å². The van der Waals surface area contributed by atoms with E-state index in [1.807, 2.05) is 6.92 Å². The van der Waals surface area contributed by atoms with Crippen LogP contribution in [0.5, 0.6) is 0 Å². The van der Waals surface area contributed by atoms with E-state index in [9.17, 15) is 13.6 Å². The number of nitrogen functional groups attached to an aromatic ring is 1. The lowest BCUT2D eigenvalue weighted by molar-refractivity contribution is 0.102. The molecule has 0 bridgehead atoms. The van der Waals surface area contributed by atoms with E-state index in [0.29, 0.717) is 34.9 Å². The van der Waals surface area contributed by atoms with E-state index in [1.54, 1.807) is 30.3 Å². The van der Waals surface area contributed by atoms with Gasteiger partial charge in [-0.05, 0) is 37.1 Å². The van der Waals surface area contributed by atoms with Crippen molar-refractivity contribution in [2.45, 2.75) is 25.7 Å². The largest absolute Gasteiger partial charge is 0.384 e. The number of carbonyl (C=O) groups is 1. The lowest BCUT2D eigenvalue weighted by Gasteiger charge is -2.09. The highest BCUT2D eigenvalue weighted by molar-refractivity contribution is 6.04. The Labute approximate surface area is 159 Å². The van der Waals surface area contributed by atoms with Gasteiger partial charge >= 0.3 is 0 Å². The van der Waals surface area contributed by atoms with E-state index in [-0.39, 0.29) is 17.7 Å². The maximum atomic E-state index is 12.7. The summed E-state index contributed by atoms with van der Waals surface area (Å²) < 4.78 is 30.6. The molecule has 0 radical (unpaired) electrons. The molecule has 144 valence electrons. The SMILES string of the molecule is Cc1ccc(-c2noc(C3C[C@@H]3C(F)F)n2)cc1NC(=O)c1ccc(N)nc1. The number of nitrogens with two attached hydrogens (primary N) is 1. The fourth-order valence-electron chi connectivity index (χ4n) is 2.91. The second kappa shape index (κ2) is 6.99. The Morgan fingerprint density at radius 1 is 1.32 bits per heavy atom. The molecular weight excluding hydrogens is 368 g/mol. The summed E-state index contributed by atoms with van der Waals surface area (Å²) in [5.41, 5.74) is 7.92. The van der Waals surface area contributed by atoms with Gasteiger partial charge in [0.1, 0.15) is 5.82 Å². The molecule has 9 heteroatoms. The Balaban J connectivity index is 1.53. The minimum Gasteiger partial charge on any atom is -0.384 e. The summed E-state index contributed by atoms with van der Waals surface area (Å²) >= 11 is 0. The Morgan fingerprint density at radius 2 is 2.14 bits per heavy atom. The number of carbonyl (C=O) groups excluding carboxylic acids is 1. The number of aryl methyl sites for hydroxylation is 1. The van der Waals surface area contributed by atoms with Crippen molar-refractivity contribution in [3.8, 4) is 11.4 Å². The molecule has 1 fully saturated rings. The van der Waals surface area contributed by atoms with Gasteiger partial charge in [-0.15, -0.1) is 0 Å². The molecule has 2 aromatic heterocycles. The molecule has 4 rings (SSSR count). The quantitative estimate of drug-likeness (QED) is 0.694. The van der Waals surface area contributed by atoms with Crippen LogP contribution in [0.25, 0.3) is 11.4 Å². The third-order valence-corrected chi connectivity index (χ3v) is 4.71. The number of pyridine rings is 1. The monoisotopic (exact) mass is 385 g/mol. The van der Waals surface area contributed by atoms with Crippen molar-refractivity contribution in [2.75, 3.05) is 11.1 Å². The van der Waals surface area contributed by atoms with Crippen LogP contribution in [-0.2, 0) is 0 Å². The molecular formula is C19H17F2N5O2. The zero-order chi connectivity index (χ0) is 19.8. The predicted octanol–water partition coefficient (Wildman–Crippen LogP) is 3.64. The van der Waals surface area contributed by atoms with Gasteiger partial charge in [0.2, 0.25) is 18.1 Å². The number of hydrogen-bond acceptors (Lipinski definition) is 6. The summed E-state index contributed by atoms with van der Waals surface area (Å²) in [5, 5.41) is 6.71. The van der Waals surface area contributed by atoms with Crippen LogP contribution in [0.15, 0.2) is 41.1 Å². The summed E-state index contributed by atoms with van der Waals surface area (Å²) in [4.78, 5) is 20.6. The van der Waals surface area contributed by atoms with E-state index in [4.69, 9.17) is 10.3 Å². The van der Waals surface area contributed by atoms with Crippen molar-refractivity contribution >= 4 is 17.4 Å². The second-order valence-electron chi connectivity index (χ2n) is 6.75. The molecule has 2 atom stereocenters. The standard InChI is InChI=1S/C19H17F2N5O2/c1-9-2-3-10(17-25-19(28-26-17)13-7-12(13)16(20)21)6-14(9)24-18(27)11-4-5-15(22)23-8-11/h2-6,8,12-13,16H,7H2,1H3,(H2,22,23)(H,24,27)/t12-,13?/m0/s1. The highest BCUT2D eigenvalue weighted by Crippen LogP contribution is 2.50. The van der Waals surface area contributed by atoms with Crippen molar-refractivity contribution in [1.82, 2.24) is 15.1 Å². The van der Waals surface area contributed by atoms with E-state index >= 15 is 0 Å². The van der Waals surface area contributed by atoms with Crippen LogP contribution in [0.1, 0.15) is 34.2 Å². The Kier molecular flexibility index (Phi) is 4.50. The highest BCUT2D eigenvalue weighted by Gasteiger charge is 2.48.